The topological polar surface area (TPSA) is 147 Å². The zero-order valence-electron chi connectivity index (χ0n) is 11.4. The van der Waals surface area contributed by atoms with E-state index in [1.807, 2.05) is 0 Å². The maximum atomic E-state index is 10.5. The summed E-state index contributed by atoms with van der Waals surface area (Å²) in [4.78, 5) is 10.0. The van der Waals surface area contributed by atoms with E-state index in [0.29, 0.717) is 5.75 Å². The second-order valence-electron chi connectivity index (χ2n) is 4.11. The van der Waals surface area contributed by atoms with E-state index in [2.05, 4.69) is 15.3 Å². The molecule has 1 heterocycles. The van der Waals surface area contributed by atoms with Gasteiger partial charge >= 0.3 is 5.69 Å². The number of rotatable bonds is 6. The van der Waals surface area contributed by atoms with Crippen molar-refractivity contribution in [3.8, 4) is 5.75 Å². The van der Waals surface area contributed by atoms with Gasteiger partial charge in [-0.1, -0.05) is 12.1 Å². The summed E-state index contributed by atoms with van der Waals surface area (Å²) in [5.41, 5.74) is 10.9. The Labute approximate surface area is 124 Å². The first kappa shape index (κ1) is 15.0. The smallest absolute Gasteiger partial charge is 0.307 e. The lowest BCUT2D eigenvalue weighted by Crippen LogP contribution is -2.21. The molecule has 0 saturated heterocycles. The fourth-order valence-corrected chi connectivity index (χ4v) is 1.51. The molecule has 22 heavy (non-hydrogen) atoms. The molecule has 0 saturated carbocycles. The summed E-state index contributed by atoms with van der Waals surface area (Å²) in [6.07, 6.45) is 3.90. The molecule has 1 aromatic carbocycles. The van der Waals surface area contributed by atoms with Gasteiger partial charge in [-0.05, 0) is 17.7 Å². The van der Waals surface area contributed by atoms with Gasteiger partial charge in [0.2, 0.25) is 5.96 Å². The number of nitro groups is 1. The summed E-state index contributed by atoms with van der Waals surface area (Å²) < 4.78 is 6.80. The van der Waals surface area contributed by atoms with Crippen LogP contribution in [-0.4, -0.2) is 26.9 Å². The molecule has 0 unspecified atom stereocenters. The van der Waals surface area contributed by atoms with Crippen LogP contribution in [0.5, 0.6) is 5.75 Å². The Morgan fingerprint density at radius 2 is 2.32 bits per heavy atom. The first-order chi connectivity index (χ1) is 10.5. The van der Waals surface area contributed by atoms with E-state index in [4.69, 9.17) is 16.2 Å². The summed E-state index contributed by atoms with van der Waals surface area (Å²) >= 11 is 0. The molecule has 10 heteroatoms. The van der Waals surface area contributed by atoms with Gasteiger partial charge in [0.05, 0.1) is 11.1 Å². The zero-order valence-corrected chi connectivity index (χ0v) is 11.4. The molecule has 0 fully saturated rings. The Kier molecular flexibility index (Phi) is 4.65. The van der Waals surface area contributed by atoms with Gasteiger partial charge in [0.15, 0.2) is 6.73 Å². The average molecular weight is 303 g/mol. The SMILES string of the molecule is NC(N)=NN=Cc1cccc(OCn2cc([N+](=O)[O-])cn2)c1. The number of guanidine groups is 1. The van der Waals surface area contributed by atoms with Gasteiger partial charge in [-0.3, -0.25) is 10.1 Å². The van der Waals surface area contributed by atoms with E-state index in [9.17, 15) is 10.1 Å². The number of hydrogen-bond donors (Lipinski definition) is 2. The van der Waals surface area contributed by atoms with Crippen LogP contribution >= 0.6 is 0 Å². The average Bonchev–Trinajstić information content (AvgIpc) is 2.94. The second kappa shape index (κ2) is 6.83. The molecule has 0 aliphatic heterocycles. The molecule has 1 aromatic heterocycles. The van der Waals surface area contributed by atoms with Crippen molar-refractivity contribution in [2.24, 2.45) is 21.7 Å². The Morgan fingerprint density at radius 3 is 3.00 bits per heavy atom. The Morgan fingerprint density at radius 1 is 1.50 bits per heavy atom. The number of nitrogens with two attached hydrogens (primary N) is 2. The third-order valence-electron chi connectivity index (χ3n) is 2.43. The summed E-state index contributed by atoms with van der Waals surface area (Å²) in [6, 6.07) is 6.99. The Hall–Kier alpha value is -3.43. The highest BCUT2D eigenvalue weighted by molar-refractivity contribution is 5.81. The minimum atomic E-state index is -0.524. The maximum absolute atomic E-state index is 10.5. The van der Waals surface area contributed by atoms with Crippen LogP contribution in [0.3, 0.4) is 0 Å². The molecule has 2 aromatic rings. The molecule has 0 bridgehead atoms. The highest BCUT2D eigenvalue weighted by Gasteiger charge is 2.08. The second-order valence-corrected chi connectivity index (χ2v) is 4.11. The zero-order chi connectivity index (χ0) is 15.9. The van der Waals surface area contributed by atoms with Gasteiger partial charge in [-0.2, -0.15) is 10.2 Å². The van der Waals surface area contributed by atoms with Crippen LogP contribution in [-0.2, 0) is 6.73 Å². The van der Waals surface area contributed by atoms with Crippen molar-refractivity contribution in [2.75, 3.05) is 0 Å². The van der Waals surface area contributed by atoms with Gasteiger partial charge < -0.3 is 16.2 Å². The van der Waals surface area contributed by atoms with Crippen molar-refractivity contribution in [3.05, 3.63) is 52.3 Å². The molecule has 2 rings (SSSR count). The fraction of sp³-hybridized carbons (Fsp3) is 0.0833. The standard InChI is InChI=1S/C12H13N7O3/c13-12(14)17-15-5-9-2-1-3-11(4-9)22-8-18-7-10(6-16-18)19(20)21/h1-7H,8H2,(H4,13,14,17). The Bertz CT molecular complexity index is 719. The first-order valence-corrected chi connectivity index (χ1v) is 6.06. The van der Waals surface area contributed by atoms with Gasteiger partial charge in [0.1, 0.15) is 18.1 Å². The predicted molar refractivity (Wildman–Crippen MR) is 79.4 cm³/mol. The van der Waals surface area contributed by atoms with Crippen LogP contribution < -0.4 is 16.2 Å². The van der Waals surface area contributed by atoms with Crippen LogP contribution in [0, 0.1) is 10.1 Å². The highest BCUT2D eigenvalue weighted by atomic mass is 16.6. The first-order valence-electron chi connectivity index (χ1n) is 6.06. The number of benzene rings is 1. The molecule has 10 nitrogen and oxygen atoms in total. The molecule has 4 N–H and O–H groups in total. The van der Waals surface area contributed by atoms with E-state index >= 15 is 0 Å². The molecule has 0 amide bonds. The lowest BCUT2D eigenvalue weighted by atomic mass is 10.2. The molecule has 0 spiro atoms. The van der Waals surface area contributed by atoms with Gasteiger partial charge in [-0.25, -0.2) is 4.68 Å². The van der Waals surface area contributed by atoms with E-state index in [1.54, 1.807) is 24.3 Å². The number of hydrogen-bond acceptors (Lipinski definition) is 6. The third-order valence-corrected chi connectivity index (χ3v) is 2.43. The monoisotopic (exact) mass is 303 g/mol. The normalized spacial score (nSPS) is 10.5. The van der Waals surface area contributed by atoms with Crippen LogP contribution in [0.4, 0.5) is 5.69 Å². The van der Waals surface area contributed by atoms with Crippen LogP contribution in [0.25, 0.3) is 0 Å². The number of aromatic nitrogens is 2. The van der Waals surface area contributed by atoms with Gasteiger partial charge in [-0.15, -0.1) is 5.10 Å². The fourth-order valence-electron chi connectivity index (χ4n) is 1.51. The summed E-state index contributed by atoms with van der Waals surface area (Å²) in [6.45, 7) is 0.0440. The number of nitrogens with zero attached hydrogens (tertiary/aromatic N) is 5. The van der Waals surface area contributed by atoms with Gasteiger partial charge in [0, 0.05) is 0 Å². The van der Waals surface area contributed by atoms with Crippen LogP contribution in [0.2, 0.25) is 0 Å². The third kappa shape index (κ3) is 4.30. The van der Waals surface area contributed by atoms with E-state index in [0.717, 1.165) is 11.8 Å². The summed E-state index contributed by atoms with van der Waals surface area (Å²) in [7, 11) is 0. The van der Waals surface area contributed by atoms with Crippen LogP contribution in [0.1, 0.15) is 5.56 Å². The van der Waals surface area contributed by atoms with Crippen molar-refractivity contribution >= 4 is 17.9 Å². The van der Waals surface area contributed by atoms with Crippen LogP contribution in [0.15, 0.2) is 46.9 Å². The molecule has 0 atom stereocenters. The largest absolute Gasteiger partial charge is 0.471 e. The predicted octanol–water partition coefficient (Wildman–Crippen LogP) is 0.435. The van der Waals surface area contributed by atoms with Crippen molar-refractivity contribution in [3.63, 3.8) is 0 Å². The van der Waals surface area contributed by atoms with Crippen molar-refractivity contribution in [2.45, 2.75) is 6.73 Å². The minimum Gasteiger partial charge on any atom is -0.471 e. The van der Waals surface area contributed by atoms with E-state index in [-0.39, 0.29) is 18.4 Å². The Balaban J connectivity index is 1.99. The van der Waals surface area contributed by atoms with E-state index in [1.165, 1.54) is 17.1 Å². The minimum absolute atomic E-state index is 0.0440. The van der Waals surface area contributed by atoms with Gasteiger partial charge in [0.25, 0.3) is 0 Å². The molecule has 0 aliphatic carbocycles. The summed E-state index contributed by atoms with van der Waals surface area (Å²) in [5, 5.41) is 21.5. The lowest BCUT2D eigenvalue weighted by molar-refractivity contribution is -0.385. The van der Waals surface area contributed by atoms with Crippen molar-refractivity contribution in [1.29, 1.82) is 0 Å². The highest BCUT2D eigenvalue weighted by Crippen LogP contribution is 2.14. The molecule has 0 radical (unpaired) electrons. The van der Waals surface area contributed by atoms with Crippen molar-refractivity contribution < 1.29 is 9.66 Å². The molecule has 114 valence electrons. The van der Waals surface area contributed by atoms with E-state index < -0.39 is 4.92 Å². The summed E-state index contributed by atoms with van der Waals surface area (Å²) in [5.74, 6) is 0.413. The molecular weight excluding hydrogens is 290 g/mol. The molecular formula is C12H13N7O3. The quantitative estimate of drug-likeness (QED) is 0.342. The number of ether oxygens (including phenoxy) is 1. The lowest BCUT2D eigenvalue weighted by Gasteiger charge is -2.06. The maximum Gasteiger partial charge on any atom is 0.307 e. The molecule has 0 aliphatic rings. The van der Waals surface area contributed by atoms with Crippen molar-refractivity contribution in [1.82, 2.24) is 9.78 Å².